The third-order valence-electron chi connectivity index (χ3n) is 3.05. The second-order valence-corrected chi connectivity index (χ2v) is 4.06. The van der Waals surface area contributed by atoms with Crippen LogP contribution in [0.15, 0.2) is 18.3 Å². The van der Waals surface area contributed by atoms with Crippen molar-refractivity contribution in [1.82, 2.24) is 10.3 Å². The molecule has 17 heavy (non-hydrogen) atoms. The summed E-state index contributed by atoms with van der Waals surface area (Å²) >= 11 is 0. The van der Waals surface area contributed by atoms with Crippen LogP contribution in [0.2, 0.25) is 0 Å². The molecule has 0 saturated carbocycles. The lowest BCUT2D eigenvalue weighted by Crippen LogP contribution is -2.37. The van der Waals surface area contributed by atoms with Crippen LogP contribution in [0.5, 0.6) is 0 Å². The number of nitro groups is 1. The van der Waals surface area contributed by atoms with E-state index >= 15 is 0 Å². The molecule has 1 saturated heterocycles. The van der Waals surface area contributed by atoms with E-state index in [9.17, 15) is 10.1 Å². The zero-order chi connectivity index (χ0) is 12.3. The number of nitrogens with one attached hydrogen (secondary N) is 1. The van der Waals surface area contributed by atoms with Crippen LogP contribution in [0, 0.1) is 10.1 Å². The summed E-state index contributed by atoms with van der Waals surface area (Å²) in [7, 11) is 0. The molecule has 92 valence electrons. The molecule has 0 radical (unpaired) electrons. The SMILES string of the molecule is CCN(c1cc([N+](=O)[O-])ccn1)C1CCNC1. The number of likely N-dealkylation sites (N-methyl/N-ethyl adjacent to an activating group) is 1. The molecule has 1 aromatic rings. The van der Waals surface area contributed by atoms with Crippen molar-refractivity contribution in [3.05, 3.63) is 28.4 Å². The predicted octanol–water partition coefficient (Wildman–Crippen LogP) is 1.18. The zero-order valence-electron chi connectivity index (χ0n) is 9.80. The highest BCUT2D eigenvalue weighted by molar-refractivity contribution is 5.47. The van der Waals surface area contributed by atoms with E-state index in [-0.39, 0.29) is 10.6 Å². The number of hydrogen-bond acceptors (Lipinski definition) is 5. The zero-order valence-corrected chi connectivity index (χ0v) is 9.80. The smallest absolute Gasteiger partial charge is 0.274 e. The number of nitrogens with zero attached hydrogens (tertiary/aromatic N) is 3. The van der Waals surface area contributed by atoms with Crippen molar-refractivity contribution >= 4 is 11.5 Å². The Balaban J connectivity index is 2.23. The monoisotopic (exact) mass is 236 g/mol. The van der Waals surface area contributed by atoms with Gasteiger partial charge in [-0.15, -0.1) is 0 Å². The summed E-state index contributed by atoms with van der Waals surface area (Å²) < 4.78 is 0. The molecule has 1 aliphatic heterocycles. The summed E-state index contributed by atoms with van der Waals surface area (Å²) in [5, 5.41) is 14.0. The second kappa shape index (κ2) is 5.09. The molecular weight excluding hydrogens is 220 g/mol. The van der Waals surface area contributed by atoms with Crippen molar-refractivity contribution in [2.24, 2.45) is 0 Å². The van der Waals surface area contributed by atoms with Gasteiger partial charge in [0.15, 0.2) is 0 Å². The maximum absolute atomic E-state index is 10.7. The van der Waals surface area contributed by atoms with Gasteiger partial charge in [0.05, 0.1) is 11.0 Å². The fourth-order valence-corrected chi connectivity index (χ4v) is 2.19. The Morgan fingerprint density at radius 1 is 1.71 bits per heavy atom. The van der Waals surface area contributed by atoms with Crippen LogP contribution in [-0.2, 0) is 0 Å². The highest BCUT2D eigenvalue weighted by Gasteiger charge is 2.23. The van der Waals surface area contributed by atoms with Crippen LogP contribution in [0.1, 0.15) is 13.3 Å². The van der Waals surface area contributed by atoms with Crippen LogP contribution < -0.4 is 10.2 Å². The molecule has 0 aromatic carbocycles. The summed E-state index contributed by atoms with van der Waals surface area (Å²) in [5.41, 5.74) is 0.0967. The van der Waals surface area contributed by atoms with Gasteiger partial charge in [0, 0.05) is 31.4 Å². The van der Waals surface area contributed by atoms with E-state index in [1.165, 1.54) is 12.3 Å². The third-order valence-corrected chi connectivity index (χ3v) is 3.05. The molecule has 6 nitrogen and oxygen atoms in total. The van der Waals surface area contributed by atoms with Crippen LogP contribution in [0.25, 0.3) is 0 Å². The van der Waals surface area contributed by atoms with Crippen molar-refractivity contribution in [2.75, 3.05) is 24.5 Å². The van der Waals surface area contributed by atoms with Gasteiger partial charge in [0.2, 0.25) is 0 Å². The minimum Gasteiger partial charge on any atom is -0.352 e. The van der Waals surface area contributed by atoms with Crippen LogP contribution in [-0.4, -0.2) is 35.6 Å². The third kappa shape index (κ3) is 2.52. The van der Waals surface area contributed by atoms with Crippen molar-refractivity contribution in [3.63, 3.8) is 0 Å². The van der Waals surface area contributed by atoms with Gasteiger partial charge < -0.3 is 10.2 Å². The van der Waals surface area contributed by atoms with Crippen LogP contribution in [0.4, 0.5) is 11.5 Å². The van der Waals surface area contributed by atoms with Gasteiger partial charge in [-0.1, -0.05) is 0 Å². The minimum atomic E-state index is -0.383. The van der Waals surface area contributed by atoms with E-state index in [4.69, 9.17) is 0 Å². The first kappa shape index (κ1) is 11.8. The van der Waals surface area contributed by atoms with Crippen LogP contribution in [0.3, 0.4) is 0 Å². The molecule has 1 N–H and O–H groups in total. The van der Waals surface area contributed by atoms with Crippen molar-refractivity contribution < 1.29 is 4.92 Å². The lowest BCUT2D eigenvalue weighted by molar-refractivity contribution is -0.384. The number of anilines is 1. The summed E-state index contributed by atoms with van der Waals surface area (Å²) in [5.74, 6) is 0.690. The molecule has 0 amide bonds. The van der Waals surface area contributed by atoms with E-state index in [0.717, 1.165) is 26.1 Å². The minimum absolute atomic E-state index is 0.0967. The van der Waals surface area contributed by atoms with E-state index in [2.05, 4.69) is 15.2 Å². The number of aromatic nitrogens is 1. The Morgan fingerprint density at radius 2 is 2.53 bits per heavy atom. The average Bonchev–Trinajstić information content (AvgIpc) is 2.84. The maximum Gasteiger partial charge on any atom is 0.274 e. The Labute approximate surface area is 99.8 Å². The topological polar surface area (TPSA) is 71.3 Å². The normalized spacial score (nSPS) is 19.2. The van der Waals surface area contributed by atoms with Gasteiger partial charge in [-0.3, -0.25) is 10.1 Å². The summed E-state index contributed by atoms with van der Waals surface area (Å²) in [6.07, 6.45) is 2.55. The van der Waals surface area contributed by atoms with Crippen molar-refractivity contribution in [3.8, 4) is 0 Å². The number of hydrogen-bond donors (Lipinski definition) is 1. The fraction of sp³-hybridized carbons (Fsp3) is 0.545. The largest absolute Gasteiger partial charge is 0.352 e. The highest BCUT2D eigenvalue weighted by Crippen LogP contribution is 2.21. The second-order valence-electron chi connectivity index (χ2n) is 4.06. The molecule has 1 aromatic heterocycles. The highest BCUT2D eigenvalue weighted by atomic mass is 16.6. The van der Waals surface area contributed by atoms with E-state index in [1.807, 2.05) is 6.92 Å². The lowest BCUT2D eigenvalue weighted by atomic mass is 10.2. The van der Waals surface area contributed by atoms with Crippen molar-refractivity contribution in [1.29, 1.82) is 0 Å². The Bertz CT molecular complexity index is 404. The van der Waals surface area contributed by atoms with Gasteiger partial charge in [-0.2, -0.15) is 0 Å². The van der Waals surface area contributed by atoms with Gasteiger partial charge in [-0.25, -0.2) is 4.98 Å². The van der Waals surface area contributed by atoms with Gasteiger partial charge in [-0.05, 0) is 19.9 Å². The number of rotatable bonds is 4. The molecular formula is C11H16N4O2. The first-order chi connectivity index (χ1) is 8.22. The molecule has 0 bridgehead atoms. The molecule has 2 rings (SSSR count). The van der Waals surface area contributed by atoms with Crippen molar-refractivity contribution in [2.45, 2.75) is 19.4 Å². The predicted molar refractivity (Wildman–Crippen MR) is 65.2 cm³/mol. The quantitative estimate of drug-likeness (QED) is 0.627. The molecule has 1 fully saturated rings. The van der Waals surface area contributed by atoms with Gasteiger partial charge in [0.25, 0.3) is 5.69 Å². The van der Waals surface area contributed by atoms with Gasteiger partial charge >= 0.3 is 0 Å². The van der Waals surface area contributed by atoms with E-state index < -0.39 is 0 Å². The maximum atomic E-state index is 10.7. The summed E-state index contributed by atoms with van der Waals surface area (Å²) in [4.78, 5) is 16.7. The average molecular weight is 236 g/mol. The molecule has 0 spiro atoms. The molecule has 1 unspecified atom stereocenters. The summed E-state index contributed by atoms with van der Waals surface area (Å²) in [6.45, 7) is 4.76. The fourth-order valence-electron chi connectivity index (χ4n) is 2.19. The first-order valence-corrected chi connectivity index (χ1v) is 5.80. The van der Waals surface area contributed by atoms with Gasteiger partial charge in [0.1, 0.15) is 5.82 Å². The van der Waals surface area contributed by atoms with E-state index in [1.54, 1.807) is 6.07 Å². The standard InChI is InChI=1S/C11H16N4O2/c1-2-14(10-3-5-12-8-10)11-7-9(15(16)17)4-6-13-11/h4,6-7,10,12H,2-3,5,8H2,1H3. The Hall–Kier alpha value is -1.69. The van der Waals surface area contributed by atoms with E-state index in [0.29, 0.717) is 11.9 Å². The number of pyridine rings is 1. The Morgan fingerprint density at radius 3 is 3.12 bits per heavy atom. The Kier molecular flexibility index (Phi) is 3.53. The molecule has 6 heteroatoms. The molecule has 1 aliphatic rings. The van der Waals surface area contributed by atoms with Crippen LogP contribution >= 0.6 is 0 Å². The molecule has 2 heterocycles. The lowest BCUT2D eigenvalue weighted by Gasteiger charge is -2.27. The molecule has 1 atom stereocenters. The molecule has 0 aliphatic carbocycles. The first-order valence-electron chi connectivity index (χ1n) is 5.80. The summed E-state index contributed by atoms with van der Waals surface area (Å²) in [6, 6.07) is 3.35.